The van der Waals surface area contributed by atoms with E-state index in [9.17, 15) is 0 Å². The van der Waals surface area contributed by atoms with Gasteiger partial charge in [-0.3, -0.25) is 0 Å². The van der Waals surface area contributed by atoms with Crippen LogP contribution in [-0.2, 0) is 5.54 Å². The van der Waals surface area contributed by atoms with Crippen LogP contribution in [0.5, 0.6) is 0 Å². The van der Waals surface area contributed by atoms with E-state index in [0.717, 1.165) is 22.3 Å². The molecule has 0 saturated heterocycles. The first kappa shape index (κ1) is 18.0. The second kappa shape index (κ2) is 7.76. The highest BCUT2D eigenvalue weighted by atomic mass is 15.6. The van der Waals surface area contributed by atoms with E-state index in [1.165, 1.54) is 11.9 Å². The lowest BCUT2D eigenvalue weighted by atomic mass is 9.77. The van der Waals surface area contributed by atoms with Gasteiger partial charge in [0, 0.05) is 0 Å². The number of rotatable bonds is 5. The van der Waals surface area contributed by atoms with Crippen LogP contribution in [0.2, 0.25) is 0 Å². The van der Waals surface area contributed by atoms with Gasteiger partial charge in [0.05, 0.1) is 0 Å². The molecule has 0 spiro atoms. The van der Waals surface area contributed by atoms with Gasteiger partial charge in [0.2, 0.25) is 0 Å². The van der Waals surface area contributed by atoms with Crippen molar-refractivity contribution < 1.29 is 0 Å². The fourth-order valence-electron chi connectivity index (χ4n) is 4.08. The third kappa shape index (κ3) is 2.99. The van der Waals surface area contributed by atoms with Crippen molar-refractivity contribution in [3.63, 3.8) is 0 Å². The first-order chi connectivity index (χ1) is 14.9. The Labute approximate surface area is 175 Å². The molecule has 30 heavy (non-hydrogen) atoms. The minimum Gasteiger partial charge on any atom is -0.145 e. The predicted molar refractivity (Wildman–Crippen MR) is 118 cm³/mol. The van der Waals surface area contributed by atoms with Crippen LogP contribution >= 0.6 is 0 Å². The van der Waals surface area contributed by atoms with Crippen LogP contribution in [0.3, 0.4) is 0 Å². The summed E-state index contributed by atoms with van der Waals surface area (Å²) >= 11 is 0. The normalized spacial score (nSPS) is 11.3. The quantitative estimate of drug-likeness (QED) is 0.390. The summed E-state index contributed by atoms with van der Waals surface area (Å²) < 4.78 is 0. The summed E-state index contributed by atoms with van der Waals surface area (Å²) in [4.78, 5) is 1.71. The lowest BCUT2D eigenvalue weighted by molar-refractivity contribution is 0.395. The van der Waals surface area contributed by atoms with Crippen LogP contribution in [0.25, 0.3) is 11.1 Å². The van der Waals surface area contributed by atoms with E-state index in [-0.39, 0.29) is 0 Å². The zero-order chi connectivity index (χ0) is 20.2. The molecule has 5 rings (SSSR count). The molecule has 0 N–H and O–H groups in total. The van der Waals surface area contributed by atoms with Crippen molar-refractivity contribution >= 4 is 0 Å². The number of benzene rings is 4. The lowest BCUT2D eigenvalue weighted by Gasteiger charge is -2.34. The molecule has 0 amide bonds. The highest BCUT2D eigenvalue weighted by Crippen LogP contribution is 2.40. The smallest absolute Gasteiger partial charge is 0.145 e. The van der Waals surface area contributed by atoms with Crippen molar-refractivity contribution in [1.29, 1.82) is 0 Å². The summed E-state index contributed by atoms with van der Waals surface area (Å²) in [5.41, 5.74) is 4.77. The number of aromatic nitrogens is 4. The molecular formula is C26H20N4. The Hall–Kier alpha value is -4.05. The molecule has 5 aromatic rings. The lowest BCUT2D eigenvalue weighted by Crippen LogP contribution is -2.39. The fraction of sp³-hybridized carbons (Fsp3) is 0.0385. The Morgan fingerprint density at radius 1 is 0.533 bits per heavy atom. The molecule has 0 bridgehead atoms. The highest BCUT2D eigenvalue weighted by Gasteiger charge is 2.40. The second-order valence-electron chi connectivity index (χ2n) is 7.11. The Bertz CT molecular complexity index is 1180. The van der Waals surface area contributed by atoms with Gasteiger partial charge in [-0.2, -0.15) is 0 Å². The largest absolute Gasteiger partial charge is 0.162 e. The number of nitrogens with zero attached hydrogens (tertiary/aromatic N) is 4. The maximum Gasteiger partial charge on any atom is 0.162 e. The molecule has 1 aromatic heterocycles. The zero-order valence-corrected chi connectivity index (χ0v) is 16.3. The van der Waals surface area contributed by atoms with Gasteiger partial charge < -0.3 is 0 Å². The van der Waals surface area contributed by atoms with Crippen molar-refractivity contribution in [2.45, 2.75) is 5.54 Å². The van der Waals surface area contributed by atoms with E-state index in [0.29, 0.717) is 0 Å². The molecule has 4 nitrogen and oxygen atoms in total. The average Bonchev–Trinajstić information content (AvgIpc) is 3.37. The Morgan fingerprint density at radius 3 is 1.63 bits per heavy atom. The number of hydrogen-bond acceptors (Lipinski definition) is 3. The molecule has 144 valence electrons. The van der Waals surface area contributed by atoms with Gasteiger partial charge in [0.1, 0.15) is 0 Å². The predicted octanol–water partition coefficient (Wildman–Crippen LogP) is 5.18. The van der Waals surface area contributed by atoms with Crippen LogP contribution in [0.15, 0.2) is 122 Å². The Morgan fingerprint density at radius 2 is 1.07 bits per heavy atom. The summed E-state index contributed by atoms with van der Waals surface area (Å²) in [6, 6.07) is 39.7. The maximum atomic E-state index is 4.51. The minimum atomic E-state index is -0.746. The standard InChI is InChI=1S/C26H20N4/c1-4-11-21(12-5-1)22-13-10-18-25(19-22)26(30-28-20-27-29-30,23-14-6-2-7-15-23)24-16-8-3-9-17-24/h1-20H. The van der Waals surface area contributed by atoms with Gasteiger partial charge in [-0.05, 0) is 39.1 Å². The van der Waals surface area contributed by atoms with Gasteiger partial charge in [-0.1, -0.05) is 109 Å². The molecule has 0 aliphatic carbocycles. The summed E-state index contributed by atoms with van der Waals surface area (Å²) in [7, 11) is 0. The molecule has 1 heterocycles. The molecule has 4 heteroatoms. The monoisotopic (exact) mass is 388 g/mol. The third-order valence-corrected chi connectivity index (χ3v) is 5.42. The van der Waals surface area contributed by atoms with Gasteiger partial charge in [0.15, 0.2) is 11.9 Å². The van der Waals surface area contributed by atoms with Crippen molar-refractivity contribution in [2.24, 2.45) is 0 Å². The molecule has 0 unspecified atom stereocenters. The van der Waals surface area contributed by atoms with Crippen molar-refractivity contribution in [3.8, 4) is 11.1 Å². The topological polar surface area (TPSA) is 43.6 Å². The summed E-state index contributed by atoms with van der Waals surface area (Å²) in [5.74, 6) is 0. The van der Waals surface area contributed by atoms with Crippen molar-refractivity contribution in [3.05, 3.63) is 138 Å². The fourth-order valence-corrected chi connectivity index (χ4v) is 4.08. The molecule has 0 atom stereocenters. The molecule has 0 aliphatic heterocycles. The third-order valence-electron chi connectivity index (χ3n) is 5.42. The van der Waals surface area contributed by atoms with Crippen LogP contribution in [0.4, 0.5) is 0 Å². The van der Waals surface area contributed by atoms with E-state index < -0.39 is 5.54 Å². The van der Waals surface area contributed by atoms with Gasteiger partial charge in [-0.15, -0.1) is 15.0 Å². The molecule has 0 fully saturated rings. The molecule has 0 radical (unpaired) electrons. The SMILES string of the molecule is c1ccc(-c2cccc(C(c3ccccc3)(c3ccccc3)n3ncnn3)c2)cc1. The van der Waals surface area contributed by atoms with Gasteiger partial charge in [-0.25, -0.2) is 0 Å². The first-order valence-corrected chi connectivity index (χ1v) is 9.89. The van der Waals surface area contributed by atoms with Crippen LogP contribution in [0.1, 0.15) is 16.7 Å². The Balaban J connectivity index is 1.84. The second-order valence-corrected chi connectivity index (χ2v) is 7.11. The minimum absolute atomic E-state index is 0.746. The summed E-state index contributed by atoms with van der Waals surface area (Å²) in [6.07, 6.45) is 1.49. The molecular weight excluding hydrogens is 368 g/mol. The van der Waals surface area contributed by atoms with E-state index in [1.807, 2.05) is 42.5 Å². The van der Waals surface area contributed by atoms with E-state index >= 15 is 0 Å². The van der Waals surface area contributed by atoms with E-state index in [1.54, 1.807) is 4.80 Å². The Kier molecular flexibility index (Phi) is 4.66. The van der Waals surface area contributed by atoms with Gasteiger partial charge in [0.25, 0.3) is 0 Å². The van der Waals surface area contributed by atoms with Crippen LogP contribution in [0, 0.1) is 0 Å². The summed E-state index contributed by atoms with van der Waals surface area (Å²) in [6.45, 7) is 0. The van der Waals surface area contributed by atoms with Crippen LogP contribution in [-0.4, -0.2) is 20.2 Å². The van der Waals surface area contributed by atoms with E-state index in [4.69, 9.17) is 0 Å². The van der Waals surface area contributed by atoms with Crippen molar-refractivity contribution in [1.82, 2.24) is 20.2 Å². The molecule has 0 saturated carbocycles. The number of hydrogen-bond donors (Lipinski definition) is 0. The zero-order valence-electron chi connectivity index (χ0n) is 16.3. The summed E-state index contributed by atoms with van der Waals surface area (Å²) in [5, 5.41) is 12.9. The van der Waals surface area contributed by atoms with Crippen molar-refractivity contribution in [2.75, 3.05) is 0 Å². The maximum absolute atomic E-state index is 4.51. The molecule has 0 aliphatic rings. The van der Waals surface area contributed by atoms with Gasteiger partial charge >= 0.3 is 0 Å². The number of tetrazole rings is 1. The molecule has 4 aromatic carbocycles. The van der Waals surface area contributed by atoms with E-state index in [2.05, 4.69) is 88.2 Å². The van der Waals surface area contributed by atoms with Crippen LogP contribution < -0.4 is 0 Å². The highest BCUT2D eigenvalue weighted by molar-refractivity contribution is 5.66. The average molecular weight is 388 g/mol. The first-order valence-electron chi connectivity index (χ1n) is 9.89.